The van der Waals surface area contributed by atoms with Crippen molar-refractivity contribution in [3.63, 3.8) is 0 Å². The van der Waals surface area contributed by atoms with Crippen LogP contribution in [0.3, 0.4) is 0 Å². The topological polar surface area (TPSA) is 67.4 Å². The largest absolute Gasteiger partial charge is 0.381 e. The molecule has 1 aromatic heterocycles. The van der Waals surface area contributed by atoms with Gasteiger partial charge in [0.2, 0.25) is 11.9 Å². The van der Waals surface area contributed by atoms with Crippen LogP contribution in [0.15, 0.2) is 18.5 Å². The van der Waals surface area contributed by atoms with Gasteiger partial charge in [-0.2, -0.15) is 0 Å². The summed E-state index contributed by atoms with van der Waals surface area (Å²) >= 11 is 0. The number of hydrogen-bond acceptors (Lipinski definition) is 5. The highest BCUT2D eigenvalue weighted by Gasteiger charge is 2.51. The summed E-state index contributed by atoms with van der Waals surface area (Å²) in [6, 6.07) is 1.82. The van der Waals surface area contributed by atoms with Gasteiger partial charge in [0.05, 0.1) is 5.92 Å². The first kappa shape index (κ1) is 18.1. The Bertz CT molecular complexity index is 579. The summed E-state index contributed by atoms with van der Waals surface area (Å²) in [5, 5.41) is 3.18. The van der Waals surface area contributed by atoms with Crippen LogP contribution in [-0.2, 0) is 9.53 Å². The van der Waals surface area contributed by atoms with Crippen molar-refractivity contribution >= 4 is 11.9 Å². The first-order valence-corrected chi connectivity index (χ1v) is 9.27. The number of carbonyl (C=O) groups excluding carboxylic acids is 1. The van der Waals surface area contributed by atoms with Crippen molar-refractivity contribution in [3.8, 4) is 0 Å². The lowest BCUT2D eigenvalue weighted by Crippen LogP contribution is -2.44. The number of ether oxygens (including phenoxy) is 1. The minimum atomic E-state index is -0.0276. The summed E-state index contributed by atoms with van der Waals surface area (Å²) in [5.41, 5.74) is 0.201. The van der Waals surface area contributed by atoms with Crippen LogP contribution in [0.4, 0.5) is 5.95 Å². The molecule has 2 aliphatic heterocycles. The van der Waals surface area contributed by atoms with Gasteiger partial charge in [0.1, 0.15) is 0 Å². The number of rotatable bonds is 4. The van der Waals surface area contributed by atoms with Crippen molar-refractivity contribution < 1.29 is 9.53 Å². The molecular formula is C19H30N4O2. The quantitative estimate of drug-likeness (QED) is 0.906. The maximum absolute atomic E-state index is 13.0. The molecule has 0 aliphatic carbocycles. The Morgan fingerprint density at radius 2 is 2.00 bits per heavy atom. The molecule has 3 rings (SSSR count). The molecule has 2 saturated heterocycles. The van der Waals surface area contributed by atoms with Gasteiger partial charge in [-0.15, -0.1) is 0 Å². The van der Waals surface area contributed by atoms with Gasteiger partial charge in [-0.1, -0.05) is 20.8 Å². The summed E-state index contributed by atoms with van der Waals surface area (Å²) < 4.78 is 5.57. The summed E-state index contributed by atoms with van der Waals surface area (Å²) in [6.07, 6.45) is 6.35. The van der Waals surface area contributed by atoms with Gasteiger partial charge < -0.3 is 15.0 Å². The second kappa shape index (κ2) is 7.28. The third kappa shape index (κ3) is 4.29. The number of carbonyl (C=O) groups is 1. The van der Waals surface area contributed by atoms with Gasteiger partial charge in [-0.05, 0) is 30.7 Å². The number of aromatic nitrogens is 2. The van der Waals surface area contributed by atoms with E-state index in [1.165, 1.54) is 0 Å². The van der Waals surface area contributed by atoms with Crippen LogP contribution in [0.2, 0.25) is 0 Å². The van der Waals surface area contributed by atoms with E-state index in [0.29, 0.717) is 6.54 Å². The fourth-order valence-electron chi connectivity index (χ4n) is 3.91. The molecule has 1 N–H and O–H groups in total. The van der Waals surface area contributed by atoms with Gasteiger partial charge >= 0.3 is 0 Å². The van der Waals surface area contributed by atoms with Crippen LogP contribution in [0.5, 0.6) is 0 Å². The fraction of sp³-hybridized carbons (Fsp3) is 0.737. The molecule has 138 valence electrons. The lowest BCUT2D eigenvalue weighted by atomic mass is 9.71. The van der Waals surface area contributed by atoms with Gasteiger partial charge in [-0.3, -0.25) is 4.79 Å². The van der Waals surface area contributed by atoms with Crippen LogP contribution >= 0.6 is 0 Å². The minimum Gasteiger partial charge on any atom is -0.381 e. The first-order valence-electron chi connectivity index (χ1n) is 9.27. The maximum Gasteiger partial charge on any atom is 0.225 e. The molecule has 0 radical (unpaired) electrons. The lowest BCUT2D eigenvalue weighted by molar-refractivity contribution is -0.129. The van der Waals surface area contributed by atoms with Gasteiger partial charge in [-0.25, -0.2) is 9.97 Å². The smallest absolute Gasteiger partial charge is 0.225 e. The van der Waals surface area contributed by atoms with E-state index in [1.807, 2.05) is 6.07 Å². The number of nitrogens with zero attached hydrogens (tertiary/aromatic N) is 3. The molecule has 1 aromatic rings. The molecule has 2 fully saturated rings. The third-order valence-electron chi connectivity index (χ3n) is 5.46. The zero-order chi connectivity index (χ0) is 17.9. The Morgan fingerprint density at radius 3 is 2.64 bits per heavy atom. The van der Waals surface area contributed by atoms with E-state index < -0.39 is 0 Å². The van der Waals surface area contributed by atoms with Gasteiger partial charge in [0.25, 0.3) is 0 Å². The Labute approximate surface area is 150 Å². The van der Waals surface area contributed by atoms with Crippen LogP contribution in [0, 0.1) is 16.7 Å². The number of anilines is 1. The van der Waals surface area contributed by atoms with Crippen LogP contribution in [-0.4, -0.2) is 48.7 Å². The predicted molar refractivity (Wildman–Crippen MR) is 97.3 cm³/mol. The summed E-state index contributed by atoms with van der Waals surface area (Å²) in [4.78, 5) is 23.9. The molecule has 0 saturated carbocycles. The molecule has 6 nitrogen and oxygen atoms in total. The highest BCUT2D eigenvalue weighted by Crippen LogP contribution is 2.45. The number of amides is 1. The maximum atomic E-state index is 13.0. The average Bonchev–Trinajstić information content (AvgIpc) is 2.94. The second-order valence-electron chi connectivity index (χ2n) is 8.56. The van der Waals surface area contributed by atoms with Crippen LogP contribution in [0.1, 0.15) is 40.0 Å². The molecule has 3 heterocycles. The average molecular weight is 346 g/mol. The highest BCUT2D eigenvalue weighted by molar-refractivity contribution is 5.81. The van der Waals surface area contributed by atoms with Gasteiger partial charge in [0, 0.05) is 50.7 Å². The summed E-state index contributed by atoms with van der Waals surface area (Å²) in [6.45, 7) is 10.3. The van der Waals surface area contributed by atoms with Crippen molar-refractivity contribution in [2.75, 3.05) is 37.7 Å². The molecule has 0 bridgehead atoms. The van der Waals surface area contributed by atoms with E-state index in [9.17, 15) is 4.79 Å². The van der Waals surface area contributed by atoms with Crippen LogP contribution < -0.4 is 10.2 Å². The molecule has 2 aliphatic rings. The Hall–Kier alpha value is -1.69. The third-order valence-corrected chi connectivity index (χ3v) is 5.46. The zero-order valence-corrected chi connectivity index (χ0v) is 15.6. The Kier molecular flexibility index (Phi) is 5.27. The monoisotopic (exact) mass is 346 g/mol. The molecule has 0 aromatic carbocycles. The van der Waals surface area contributed by atoms with E-state index in [0.717, 1.165) is 51.5 Å². The predicted octanol–water partition coefficient (Wildman–Crippen LogP) is 2.26. The molecular weight excluding hydrogens is 316 g/mol. The lowest BCUT2D eigenvalue weighted by Gasteiger charge is -2.37. The Balaban J connectivity index is 1.71. The van der Waals surface area contributed by atoms with E-state index in [-0.39, 0.29) is 22.7 Å². The van der Waals surface area contributed by atoms with E-state index in [4.69, 9.17) is 4.74 Å². The minimum absolute atomic E-state index is 0.0245. The highest BCUT2D eigenvalue weighted by atomic mass is 16.5. The first-order chi connectivity index (χ1) is 11.9. The van der Waals surface area contributed by atoms with E-state index >= 15 is 0 Å². The second-order valence-corrected chi connectivity index (χ2v) is 8.56. The van der Waals surface area contributed by atoms with Gasteiger partial charge in [0.15, 0.2) is 0 Å². The summed E-state index contributed by atoms with van der Waals surface area (Å²) in [7, 11) is 0. The molecule has 25 heavy (non-hydrogen) atoms. The normalized spacial score (nSPS) is 23.0. The van der Waals surface area contributed by atoms with Crippen molar-refractivity contribution in [1.29, 1.82) is 0 Å². The van der Waals surface area contributed by atoms with E-state index in [2.05, 4.69) is 41.0 Å². The van der Waals surface area contributed by atoms with Crippen molar-refractivity contribution in [3.05, 3.63) is 18.5 Å². The molecule has 1 spiro atoms. The van der Waals surface area contributed by atoms with Crippen molar-refractivity contribution in [1.82, 2.24) is 15.3 Å². The summed E-state index contributed by atoms with van der Waals surface area (Å²) in [5.74, 6) is 0.864. The fourth-order valence-corrected chi connectivity index (χ4v) is 3.91. The van der Waals surface area contributed by atoms with E-state index in [1.54, 1.807) is 12.4 Å². The van der Waals surface area contributed by atoms with Crippen molar-refractivity contribution in [2.24, 2.45) is 16.7 Å². The Morgan fingerprint density at radius 1 is 1.32 bits per heavy atom. The molecule has 1 unspecified atom stereocenters. The molecule has 6 heteroatoms. The molecule has 1 atom stereocenters. The van der Waals surface area contributed by atoms with Crippen molar-refractivity contribution in [2.45, 2.75) is 40.0 Å². The number of hydrogen-bond donors (Lipinski definition) is 1. The number of nitrogens with one attached hydrogen (secondary N) is 1. The molecule has 1 amide bonds. The van der Waals surface area contributed by atoms with Crippen LogP contribution in [0.25, 0.3) is 0 Å². The standard InChI is InChI=1S/C19H30N4O2/c1-18(2,3)5-10-20-16(24)15-13-23(17-21-8-4-9-22-17)14-19(15)6-11-25-12-7-19/h4,8-9,15H,5-7,10-14H2,1-3H3,(H,20,24). The SMILES string of the molecule is CC(C)(C)CCNC(=O)C1CN(c2ncccn2)CC12CCOCC2. The zero-order valence-electron chi connectivity index (χ0n) is 15.6.